The lowest BCUT2D eigenvalue weighted by molar-refractivity contribution is -0.385. The van der Waals surface area contributed by atoms with Crippen molar-refractivity contribution in [3.63, 3.8) is 0 Å². The number of non-ortho nitro benzene ring substituents is 1. The Morgan fingerprint density at radius 3 is 2.43 bits per heavy atom. The fourth-order valence-electron chi connectivity index (χ4n) is 2.55. The van der Waals surface area contributed by atoms with Gasteiger partial charge in [-0.3, -0.25) is 19.9 Å². The van der Waals surface area contributed by atoms with Crippen LogP contribution >= 0.6 is 22.6 Å². The monoisotopic (exact) mass is 517 g/mol. The lowest BCUT2D eigenvalue weighted by Crippen LogP contribution is -2.11. The lowest BCUT2D eigenvalue weighted by atomic mass is 10.1. The minimum absolute atomic E-state index is 0.0145. The highest BCUT2D eigenvalue weighted by atomic mass is 127. The van der Waals surface area contributed by atoms with Gasteiger partial charge in [0.05, 0.1) is 23.8 Å². The molecular weight excluding hydrogens is 501 g/mol. The van der Waals surface area contributed by atoms with Crippen LogP contribution in [0.25, 0.3) is 0 Å². The summed E-state index contributed by atoms with van der Waals surface area (Å²) in [4.78, 5) is 27.0. The predicted octanol–water partition coefficient (Wildman–Crippen LogP) is 4.92. The van der Waals surface area contributed by atoms with Crippen LogP contribution in [0.5, 0.6) is 11.5 Å². The van der Waals surface area contributed by atoms with E-state index in [1.54, 1.807) is 36.4 Å². The first-order valence-electron chi connectivity index (χ1n) is 8.64. The molecule has 0 saturated carbocycles. The van der Waals surface area contributed by atoms with Gasteiger partial charge in [-0.1, -0.05) is 0 Å². The number of rotatable bonds is 6. The Kier molecular flexibility index (Phi) is 6.62. The molecule has 0 saturated heterocycles. The SMILES string of the molecule is COc1cc([N+](=O)[O-])cc(C=Nc2ccc(NC(=O)c3ccc(I)cc3)cc2)c1O. The largest absolute Gasteiger partial charge is 0.504 e. The molecule has 0 unspecified atom stereocenters. The molecule has 0 spiro atoms. The van der Waals surface area contributed by atoms with E-state index >= 15 is 0 Å². The molecule has 8 nitrogen and oxygen atoms in total. The van der Waals surface area contributed by atoms with Gasteiger partial charge in [0.25, 0.3) is 11.6 Å². The number of hydrogen-bond acceptors (Lipinski definition) is 6. The zero-order valence-corrected chi connectivity index (χ0v) is 17.9. The molecule has 152 valence electrons. The number of halogens is 1. The highest BCUT2D eigenvalue weighted by Gasteiger charge is 2.15. The van der Waals surface area contributed by atoms with E-state index in [0.717, 1.165) is 9.64 Å². The number of ether oxygens (including phenoxy) is 1. The normalized spacial score (nSPS) is 10.7. The maximum absolute atomic E-state index is 12.3. The molecule has 2 N–H and O–H groups in total. The molecule has 0 fully saturated rings. The van der Waals surface area contributed by atoms with Crippen LogP contribution in [0.4, 0.5) is 17.1 Å². The number of aliphatic imine (C=N–C) groups is 1. The standard InChI is InChI=1S/C21H16IN3O5/c1-30-19-11-18(25(28)29)10-14(20(19)26)12-23-16-6-8-17(9-7-16)24-21(27)13-2-4-15(22)5-3-13/h2-12,26H,1H3,(H,24,27). The summed E-state index contributed by atoms with van der Waals surface area (Å²) < 4.78 is 6.01. The Labute approximate surface area is 185 Å². The van der Waals surface area contributed by atoms with Crippen molar-refractivity contribution in [2.45, 2.75) is 0 Å². The third kappa shape index (κ3) is 5.11. The van der Waals surface area contributed by atoms with Gasteiger partial charge in [-0.05, 0) is 71.1 Å². The van der Waals surface area contributed by atoms with Crippen LogP contribution < -0.4 is 10.1 Å². The average Bonchev–Trinajstić information content (AvgIpc) is 2.74. The van der Waals surface area contributed by atoms with Crippen molar-refractivity contribution in [3.8, 4) is 11.5 Å². The quantitative estimate of drug-likeness (QED) is 0.209. The predicted molar refractivity (Wildman–Crippen MR) is 122 cm³/mol. The highest BCUT2D eigenvalue weighted by Crippen LogP contribution is 2.33. The Hall–Kier alpha value is -3.47. The van der Waals surface area contributed by atoms with Gasteiger partial charge in [0.1, 0.15) is 0 Å². The van der Waals surface area contributed by atoms with Crippen molar-refractivity contribution in [1.82, 2.24) is 0 Å². The number of phenolic OH excluding ortho intramolecular Hbond substituents is 1. The summed E-state index contributed by atoms with van der Waals surface area (Å²) in [6, 6.07) is 16.3. The highest BCUT2D eigenvalue weighted by molar-refractivity contribution is 14.1. The number of methoxy groups -OCH3 is 1. The second kappa shape index (κ2) is 9.35. The van der Waals surface area contributed by atoms with Crippen LogP contribution in [0.15, 0.2) is 65.7 Å². The van der Waals surface area contributed by atoms with E-state index in [2.05, 4.69) is 32.9 Å². The Morgan fingerprint density at radius 1 is 1.17 bits per heavy atom. The van der Waals surface area contributed by atoms with Crippen molar-refractivity contribution >= 4 is 51.8 Å². The molecule has 0 heterocycles. The van der Waals surface area contributed by atoms with E-state index in [1.165, 1.54) is 19.4 Å². The van der Waals surface area contributed by atoms with Crippen molar-refractivity contribution in [2.75, 3.05) is 12.4 Å². The molecule has 0 aromatic heterocycles. The first-order chi connectivity index (χ1) is 14.4. The Bertz CT molecular complexity index is 1110. The third-order valence-electron chi connectivity index (χ3n) is 4.10. The fourth-order valence-corrected chi connectivity index (χ4v) is 2.91. The molecule has 0 aliphatic carbocycles. The number of benzene rings is 3. The number of nitro groups is 1. The summed E-state index contributed by atoms with van der Waals surface area (Å²) in [5.74, 6) is -0.483. The zero-order chi connectivity index (χ0) is 21.7. The number of nitrogens with one attached hydrogen (secondary N) is 1. The average molecular weight is 517 g/mol. The molecule has 3 aromatic rings. The number of nitrogens with zero attached hydrogens (tertiary/aromatic N) is 2. The van der Waals surface area contributed by atoms with E-state index in [1.807, 2.05) is 12.1 Å². The van der Waals surface area contributed by atoms with Crippen LogP contribution in [0.3, 0.4) is 0 Å². The first-order valence-corrected chi connectivity index (χ1v) is 9.71. The van der Waals surface area contributed by atoms with Crippen LogP contribution in [0.2, 0.25) is 0 Å². The molecule has 3 aromatic carbocycles. The number of anilines is 1. The molecular formula is C21H16IN3O5. The molecule has 0 aliphatic heterocycles. The minimum atomic E-state index is -0.579. The molecule has 0 aliphatic rings. The van der Waals surface area contributed by atoms with Gasteiger partial charge in [0.15, 0.2) is 11.5 Å². The summed E-state index contributed by atoms with van der Waals surface area (Å²) in [7, 11) is 1.31. The molecule has 3 rings (SSSR count). The summed E-state index contributed by atoms with van der Waals surface area (Å²) in [5.41, 5.74) is 1.61. The summed E-state index contributed by atoms with van der Waals surface area (Å²) >= 11 is 2.17. The van der Waals surface area contributed by atoms with Crippen molar-refractivity contribution in [2.24, 2.45) is 4.99 Å². The van der Waals surface area contributed by atoms with Crippen LogP contribution in [-0.4, -0.2) is 29.3 Å². The number of phenols is 1. The topological polar surface area (TPSA) is 114 Å². The zero-order valence-electron chi connectivity index (χ0n) is 15.7. The maximum atomic E-state index is 12.3. The Morgan fingerprint density at radius 2 is 1.83 bits per heavy atom. The number of aromatic hydroxyl groups is 1. The summed E-state index contributed by atoms with van der Waals surface area (Å²) in [6.45, 7) is 0. The number of hydrogen-bond donors (Lipinski definition) is 2. The fraction of sp³-hybridized carbons (Fsp3) is 0.0476. The first kappa shape index (κ1) is 21.2. The van der Waals surface area contributed by atoms with Gasteiger partial charge in [0.2, 0.25) is 0 Å². The van der Waals surface area contributed by atoms with Crippen molar-refractivity contribution in [3.05, 3.63) is 85.5 Å². The molecule has 0 radical (unpaired) electrons. The molecule has 1 amide bonds. The van der Waals surface area contributed by atoms with Crippen LogP contribution in [0.1, 0.15) is 15.9 Å². The molecule has 0 atom stereocenters. The lowest BCUT2D eigenvalue weighted by Gasteiger charge is -2.07. The summed E-state index contributed by atoms with van der Waals surface area (Å²) in [6.07, 6.45) is 1.31. The number of carbonyl (C=O) groups is 1. The Balaban J connectivity index is 1.75. The van der Waals surface area contributed by atoms with Gasteiger partial charge >= 0.3 is 0 Å². The van der Waals surface area contributed by atoms with Crippen molar-refractivity contribution < 1.29 is 19.6 Å². The number of carbonyl (C=O) groups excluding carboxylic acids is 1. The maximum Gasteiger partial charge on any atom is 0.274 e. The van der Waals surface area contributed by atoms with Gasteiger partial charge in [0, 0.05) is 32.7 Å². The van der Waals surface area contributed by atoms with Crippen LogP contribution in [-0.2, 0) is 0 Å². The van der Waals surface area contributed by atoms with E-state index in [4.69, 9.17) is 4.74 Å². The van der Waals surface area contributed by atoms with E-state index in [-0.39, 0.29) is 28.7 Å². The molecule has 30 heavy (non-hydrogen) atoms. The van der Waals surface area contributed by atoms with Crippen LogP contribution in [0, 0.1) is 13.7 Å². The number of amides is 1. The molecule has 9 heteroatoms. The summed E-state index contributed by atoms with van der Waals surface area (Å²) in [5, 5.41) is 24.0. The van der Waals surface area contributed by atoms with Gasteiger partial charge in [-0.2, -0.15) is 0 Å². The van der Waals surface area contributed by atoms with Gasteiger partial charge in [-0.15, -0.1) is 0 Å². The third-order valence-corrected chi connectivity index (χ3v) is 4.82. The van der Waals surface area contributed by atoms with Crippen molar-refractivity contribution in [1.29, 1.82) is 0 Å². The minimum Gasteiger partial charge on any atom is -0.504 e. The second-order valence-electron chi connectivity index (χ2n) is 6.11. The van der Waals surface area contributed by atoms with Gasteiger partial charge < -0.3 is 15.2 Å². The van der Waals surface area contributed by atoms with E-state index in [9.17, 15) is 20.0 Å². The smallest absolute Gasteiger partial charge is 0.274 e. The number of nitro benzene ring substituents is 1. The van der Waals surface area contributed by atoms with E-state index in [0.29, 0.717) is 16.9 Å². The van der Waals surface area contributed by atoms with E-state index < -0.39 is 4.92 Å². The second-order valence-corrected chi connectivity index (χ2v) is 7.35. The molecule has 0 bridgehead atoms. The van der Waals surface area contributed by atoms with Gasteiger partial charge in [-0.25, -0.2) is 0 Å².